The van der Waals surface area contributed by atoms with E-state index in [4.69, 9.17) is 12.2 Å². The lowest BCUT2D eigenvalue weighted by molar-refractivity contribution is -0.136. The number of rotatable bonds is 6. The van der Waals surface area contributed by atoms with Crippen LogP contribution in [0.25, 0.3) is 0 Å². The Labute approximate surface area is 195 Å². The Morgan fingerprint density at radius 2 is 1.82 bits per heavy atom. The number of benzene rings is 2. The van der Waals surface area contributed by atoms with E-state index in [2.05, 4.69) is 5.32 Å². The number of imide groups is 1. The highest BCUT2D eigenvalue weighted by atomic mass is 16.5. The molecule has 1 atom stereocenters. The minimum atomic E-state index is -1.58. The molecule has 0 aromatic heterocycles. The van der Waals surface area contributed by atoms with Crippen LogP contribution in [-0.2, 0) is 34.0 Å². The van der Waals surface area contributed by atoms with E-state index in [0.717, 1.165) is 11.1 Å². The van der Waals surface area contributed by atoms with Gasteiger partial charge in [0.05, 0.1) is 19.8 Å². The van der Waals surface area contributed by atoms with E-state index < -0.39 is 18.4 Å². The van der Waals surface area contributed by atoms with Gasteiger partial charge >= 0.3 is 0 Å². The van der Waals surface area contributed by atoms with Crippen molar-refractivity contribution in [3.63, 3.8) is 0 Å². The molecule has 3 heterocycles. The van der Waals surface area contributed by atoms with Gasteiger partial charge in [0, 0.05) is 39.9 Å². The Kier molecular flexibility index (Phi) is 5.44. The van der Waals surface area contributed by atoms with E-state index in [-0.39, 0.29) is 31.4 Å². The van der Waals surface area contributed by atoms with E-state index in [0.29, 0.717) is 49.6 Å². The van der Waals surface area contributed by atoms with Gasteiger partial charge in [0.15, 0.2) is 0 Å². The number of fused-ring (bicyclic) bond motifs is 1. The zero-order valence-electron chi connectivity index (χ0n) is 20.2. The number of nitrogens with one attached hydrogen (secondary N) is 1. The largest absolute Gasteiger partial charge is 0.489 e. The molecule has 0 aliphatic carbocycles. The number of piperidine rings is 1. The van der Waals surface area contributed by atoms with Crippen LogP contribution in [0.5, 0.6) is 5.75 Å². The fourth-order valence-corrected chi connectivity index (χ4v) is 4.39. The van der Waals surface area contributed by atoms with Crippen LogP contribution in [-0.4, -0.2) is 59.9 Å². The summed E-state index contributed by atoms with van der Waals surface area (Å²) in [5.74, 6) is -0.432. The first-order valence-electron chi connectivity index (χ1n) is 12.2. The minimum Gasteiger partial charge on any atom is -0.489 e. The zero-order chi connectivity index (χ0) is 24.6. The molecule has 3 aliphatic rings. The van der Waals surface area contributed by atoms with Crippen LogP contribution in [0.15, 0.2) is 42.5 Å². The summed E-state index contributed by atoms with van der Waals surface area (Å²) in [5, 5.41) is 2.31. The third-order valence-corrected chi connectivity index (χ3v) is 6.19. The van der Waals surface area contributed by atoms with Gasteiger partial charge in [-0.25, -0.2) is 0 Å². The molecule has 8 heteroatoms. The van der Waals surface area contributed by atoms with Gasteiger partial charge in [-0.2, -0.15) is 0 Å². The van der Waals surface area contributed by atoms with Crippen LogP contribution in [0.4, 0.5) is 0 Å². The van der Waals surface area contributed by atoms with Crippen molar-refractivity contribution in [3.8, 4) is 5.75 Å². The molecule has 0 radical (unpaired) electrons. The van der Waals surface area contributed by atoms with E-state index in [1.807, 2.05) is 12.1 Å². The van der Waals surface area contributed by atoms with Crippen molar-refractivity contribution in [2.75, 3.05) is 26.3 Å². The predicted octanol–water partition coefficient (Wildman–Crippen LogP) is 1.86. The smallest absolute Gasteiger partial charge is 0.255 e. The molecule has 1 N–H and O–H groups in total. The zero-order valence-corrected chi connectivity index (χ0v) is 18.2. The third kappa shape index (κ3) is 4.62. The maximum atomic E-state index is 13.0. The maximum absolute atomic E-state index is 13.0. The standard InChI is InChI=1S/C25H27N3O5/c29-23-9-8-21(24(30)26-23)28-15-20-19(25(28)31)2-1-3-22(20)33-16-18-6-4-17(5-7-18)14-27-10-12-32-13-11-27/h1-7,21H,8-16H2,(H,26,29,30)/i14D2. The van der Waals surface area contributed by atoms with Crippen LogP contribution in [0, 0.1) is 0 Å². The van der Waals surface area contributed by atoms with Gasteiger partial charge in [0.2, 0.25) is 11.8 Å². The highest BCUT2D eigenvalue weighted by Crippen LogP contribution is 2.34. The summed E-state index contributed by atoms with van der Waals surface area (Å²) < 4.78 is 28.4. The van der Waals surface area contributed by atoms with Crippen LogP contribution in [0.2, 0.25) is 0 Å². The topological polar surface area (TPSA) is 88.2 Å². The molecular formula is C25H27N3O5. The van der Waals surface area contributed by atoms with Crippen LogP contribution in [0.3, 0.4) is 0 Å². The summed E-state index contributed by atoms with van der Waals surface area (Å²) >= 11 is 0. The van der Waals surface area contributed by atoms with Crippen molar-refractivity contribution in [3.05, 3.63) is 64.7 Å². The molecule has 0 saturated carbocycles. The molecule has 8 nitrogen and oxygen atoms in total. The molecule has 0 bridgehead atoms. The van der Waals surface area contributed by atoms with E-state index in [1.165, 1.54) is 4.90 Å². The summed E-state index contributed by atoms with van der Waals surface area (Å²) in [4.78, 5) is 40.0. The molecule has 0 spiro atoms. The Balaban J connectivity index is 1.26. The van der Waals surface area contributed by atoms with Gasteiger partial charge in [-0.15, -0.1) is 0 Å². The number of nitrogens with zero attached hydrogens (tertiary/aromatic N) is 2. The second-order valence-electron chi connectivity index (χ2n) is 8.38. The summed E-state index contributed by atoms with van der Waals surface area (Å²) in [6.07, 6.45) is 0.518. The second-order valence-corrected chi connectivity index (χ2v) is 8.38. The number of morpholine rings is 1. The second kappa shape index (κ2) is 9.33. The summed E-state index contributed by atoms with van der Waals surface area (Å²) in [6.45, 7) is 1.06. The number of carbonyl (C=O) groups excluding carboxylic acids is 3. The van der Waals surface area contributed by atoms with Crippen molar-refractivity contribution in [2.45, 2.75) is 38.5 Å². The van der Waals surface area contributed by atoms with Gasteiger partial charge < -0.3 is 14.4 Å². The molecule has 2 aromatic carbocycles. The number of amides is 3. The Hall–Kier alpha value is -3.23. The summed E-state index contributed by atoms with van der Waals surface area (Å²) in [6, 6.07) is 11.8. The average Bonchev–Trinajstić information content (AvgIpc) is 3.20. The lowest BCUT2D eigenvalue weighted by atomic mass is 10.0. The summed E-state index contributed by atoms with van der Waals surface area (Å²) in [7, 11) is 0. The number of carbonyl (C=O) groups is 3. The van der Waals surface area contributed by atoms with Crippen molar-refractivity contribution in [2.24, 2.45) is 0 Å². The normalized spacial score (nSPS) is 22.5. The van der Waals surface area contributed by atoms with Crippen molar-refractivity contribution in [1.82, 2.24) is 15.1 Å². The number of hydrogen-bond donors (Lipinski definition) is 1. The maximum Gasteiger partial charge on any atom is 0.255 e. The van der Waals surface area contributed by atoms with Crippen LogP contribution in [0.1, 0.15) is 42.6 Å². The molecule has 3 aliphatic heterocycles. The number of ether oxygens (including phenoxy) is 2. The van der Waals surface area contributed by atoms with E-state index in [1.54, 1.807) is 35.2 Å². The van der Waals surface area contributed by atoms with Crippen molar-refractivity contribution >= 4 is 17.7 Å². The van der Waals surface area contributed by atoms with E-state index in [9.17, 15) is 14.4 Å². The molecule has 2 saturated heterocycles. The Morgan fingerprint density at radius 1 is 1.06 bits per heavy atom. The summed E-state index contributed by atoms with van der Waals surface area (Å²) in [5.41, 5.74) is 2.67. The lowest BCUT2D eigenvalue weighted by Crippen LogP contribution is -2.52. The first-order chi connectivity index (χ1) is 16.8. The molecule has 172 valence electrons. The molecule has 33 heavy (non-hydrogen) atoms. The lowest BCUT2D eigenvalue weighted by Gasteiger charge is -2.29. The van der Waals surface area contributed by atoms with Gasteiger partial charge in [-0.3, -0.25) is 24.6 Å². The molecular weight excluding hydrogens is 422 g/mol. The minimum absolute atomic E-state index is 0.208. The third-order valence-electron chi connectivity index (χ3n) is 6.19. The van der Waals surface area contributed by atoms with Crippen LogP contribution < -0.4 is 10.1 Å². The first-order valence-corrected chi connectivity index (χ1v) is 11.2. The van der Waals surface area contributed by atoms with Gasteiger partial charge in [0.1, 0.15) is 18.4 Å². The fraction of sp³-hybridized carbons (Fsp3) is 0.400. The van der Waals surface area contributed by atoms with Crippen LogP contribution >= 0.6 is 0 Å². The Morgan fingerprint density at radius 3 is 2.58 bits per heavy atom. The molecule has 2 aromatic rings. The monoisotopic (exact) mass is 451 g/mol. The average molecular weight is 452 g/mol. The molecule has 1 unspecified atom stereocenters. The predicted molar refractivity (Wildman–Crippen MR) is 119 cm³/mol. The van der Waals surface area contributed by atoms with Gasteiger partial charge in [-0.05, 0) is 29.7 Å². The number of hydrogen-bond acceptors (Lipinski definition) is 6. The SMILES string of the molecule is [2H]C([2H])(c1ccc(COc2cccc3c2CN(C2CCC(=O)NC2=O)C3=O)cc1)N1CCOCC1. The first kappa shape index (κ1) is 19.3. The highest BCUT2D eigenvalue weighted by Gasteiger charge is 2.40. The van der Waals surface area contributed by atoms with E-state index >= 15 is 0 Å². The fourth-order valence-electron chi connectivity index (χ4n) is 4.39. The van der Waals surface area contributed by atoms with Gasteiger partial charge in [-0.1, -0.05) is 30.3 Å². The van der Waals surface area contributed by atoms with Crippen molar-refractivity contribution < 1.29 is 26.6 Å². The Bertz CT molecular complexity index is 1150. The molecule has 3 amide bonds. The van der Waals surface area contributed by atoms with Gasteiger partial charge in [0.25, 0.3) is 5.91 Å². The molecule has 2 fully saturated rings. The highest BCUT2D eigenvalue weighted by molar-refractivity contribution is 6.05. The molecule has 5 rings (SSSR count). The van der Waals surface area contributed by atoms with Crippen molar-refractivity contribution in [1.29, 1.82) is 0 Å². The quantitative estimate of drug-likeness (QED) is 0.675.